The molecule has 0 saturated carbocycles. The van der Waals surface area contributed by atoms with Gasteiger partial charge in [0.1, 0.15) is 13.2 Å². The monoisotopic (exact) mass is 297 g/mol. The Kier molecular flexibility index (Phi) is 6.50. The van der Waals surface area contributed by atoms with Crippen LogP contribution < -0.4 is 14.8 Å². The lowest BCUT2D eigenvalue weighted by Crippen LogP contribution is -2.18. The van der Waals surface area contributed by atoms with Gasteiger partial charge in [-0.05, 0) is 43.3 Å². The van der Waals surface area contributed by atoms with E-state index >= 15 is 0 Å². The largest absolute Gasteiger partial charge is 0.486 e. The van der Waals surface area contributed by atoms with E-state index in [0.717, 1.165) is 44.0 Å². The third-order valence-electron chi connectivity index (χ3n) is 3.21. The molecule has 0 amide bonds. The summed E-state index contributed by atoms with van der Waals surface area (Å²) < 4.78 is 16.3. The van der Waals surface area contributed by atoms with Gasteiger partial charge in [-0.25, -0.2) is 0 Å². The molecule has 0 fully saturated rings. The van der Waals surface area contributed by atoms with Crippen LogP contribution in [0.3, 0.4) is 0 Å². The fourth-order valence-corrected chi connectivity index (χ4v) is 2.78. The lowest BCUT2D eigenvalue weighted by Gasteiger charge is -2.21. The molecular formula is C15H23NO3S. The molecule has 1 N–H and O–H groups in total. The summed E-state index contributed by atoms with van der Waals surface area (Å²) >= 11 is 1.74. The Balaban J connectivity index is 1.89. The van der Waals surface area contributed by atoms with Crippen molar-refractivity contribution in [3.8, 4) is 11.5 Å². The fraction of sp³-hybridized carbons (Fsp3) is 0.600. The summed E-state index contributed by atoms with van der Waals surface area (Å²) in [4.78, 5) is 1.25. The van der Waals surface area contributed by atoms with Gasteiger partial charge in [0.05, 0.1) is 0 Å². The highest BCUT2D eigenvalue weighted by Gasteiger charge is 2.15. The molecule has 4 nitrogen and oxygen atoms in total. The topological polar surface area (TPSA) is 39.7 Å². The first kappa shape index (κ1) is 15.5. The standard InChI is InChI=1S/C15H23NO3S/c1-17-6-4-3-5-16-11-12-9-13-14(10-15(12)20-2)19-8-7-18-13/h9-10,16H,3-8,11H2,1-2H3. The number of fused-ring (bicyclic) bond motifs is 1. The molecule has 0 saturated heterocycles. The van der Waals surface area contributed by atoms with Crippen molar-refractivity contribution in [3.63, 3.8) is 0 Å². The van der Waals surface area contributed by atoms with Crippen LogP contribution in [0.25, 0.3) is 0 Å². The molecule has 1 aromatic rings. The SMILES string of the molecule is COCCCCNCc1cc2c(cc1SC)OCCO2. The maximum absolute atomic E-state index is 5.64. The van der Waals surface area contributed by atoms with Gasteiger partial charge < -0.3 is 19.5 Å². The maximum Gasteiger partial charge on any atom is 0.162 e. The number of nitrogens with one attached hydrogen (secondary N) is 1. The predicted octanol–water partition coefficient (Wildman–Crippen LogP) is 2.70. The number of ether oxygens (including phenoxy) is 3. The Hall–Kier alpha value is -0.910. The summed E-state index contributed by atoms with van der Waals surface area (Å²) in [6.45, 7) is 3.97. The molecule has 0 radical (unpaired) electrons. The molecule has 1 aromatic carbocycles. The van der Waals surface area contributed by atoms with Crippen LogP contribution in [0.15, 0.2) is 17.0 Å². The van der Waals surface area contributed by atoms with E-state index in [1.165, 1.54) is 10.5 Å². The number of hydrogen-bond donors (Lipinski definition) is 1. The second-order valence-electron chi connectivity index (χ2n) is 4.68. The molecule has 1 aliphatic heterocycles. The van der Waals surface area contributed by atoms with Gasteiger partial charge in [-0.2, -0.15) is 0 Å². The van der Waals surface area contributed by atoms with Gasteiger partial charge in [0.2, 0.25) is 0 Å². The second-order valence-corrected chi connectivity index (χ2v) is 5.53. The Labute approximate surface area is 125 Å². The highest BCUT2D eigenvalue weighted by atomic mass is 32.2. The summed E-state index contributed by atoms with van der Waals surface area (Å²) in [6.07, 6.45) is 4.32. The molecule has 5 heteroatoms. The fourth-order valence-electron chi connectivity index (χ4n) is 2.16. The summed E-state index contributed by atoms with van der Waals surface area (Å²) in [5, 5.41) is 3.48. The lowest BCUT2D eigenvalue weighted by atomic mass is 10.2. The minimum absolute atomic E-state index is 0.634. The van der Waals surface area contributed by atoms with Crippen molar-refractivity contribution < 1.29 is 14.2 Å². The summed E-state index contributed by atoms with van der Waals surface area (Å²) in [7, 11) is 1.74. The van der Waals surface area contributed by atoms with Crippen LogP contribution in [-0.2, 0) is 11.3 Å². The minimum Gasteiger partial charge on any atom is -0.486 e. The first-order valence-corrected chi connectivity index (χ1v) is 8.24. The van der Waals surface area contributed by atoms with Crippen LogP contribution in [0, 0.1) is 0 Å². The number of benzene rings is 1. The third kappa shape index (κ3) is 4.30. The van der Waals surface area contributed by atoms with Crippen molar-refractivity contribution in [3.05, 3.63) is 17.7 Å². The Morgan fingerprint density at radius 1 is 1.20 bits per heavy atom. The average Bonchev–Trinajstić information content (AvgIpc) is 2.50. The first-order valence-electron chi connectivity index (χ1n) is 7.01. The van der Waals surface area contributed by atoms with E-state index in [-0.39, 0.29) is 0 Å². The van der Waals surface area contributed by atoms with E-state index in [1.54, 1.807) is 18.9 Å². The van der Waals surface area contributed by atoms with Crippen LogP contribution in [0.1, 0.15) is 18.4 Å². The van der Waals surface area contributed by atoms with E-state index < -0.39 is 0 Å². The van der Waals surface area contributed by atoms with Crippen molar-refractivity contribution in [2.45, 2.75) is 24.3 Å². The smallest absolute Gasteiger partial charge is 0.162 e. The highest BCUT2D eigenvalue weighted by Crippen LogP contribution is 2.36. The number of unbranched alkanes of at least 4 members (excludes halogenated alkanes) is 1. The average molecular weight is 297 g/mol. The molecule has 2 rings (SSSR count). The molecule has 0 unspecified atom stereocenters. The predicted molar refractivity (Wildman–Crippen MR) is 82.0 cm³/mol. The van der Waals surface area contributed by atoms with Gasteiger partial charge in [0.25, 0.3) is 0 Å². The summed E-state index contributed by atoms with van der Waals surface area (Å²) in [6, 6.07) is 4.18. The molecule has 112 valence electrons. The van der Waals surface area contributed by atoms with Gasteiger partial charge >= 0.3 is 0 Å². The second kappa shape index (κ2) is 8.39. The number of thioether (sulfide) groups is 1. The van der Waals surface area contributed by atoms with Gasteiger partial charge in [0.15, 0.2) is 11.5 Å². The third-order valence-corrected chi connectivity index (χ3v) is 4.03. The molecular weight excluding hydrogens is 274 g/mol. The van der Waals surface area contributed by atoms with Crippen molar-refractivity contribution in [1.82, 2.24) is 5.32 Å². The molecule has 0 spiro atoms. The summed E-state index contributed by atoms with van der Waals surface area (Å²) in [5.74, 6) is 1.73. The van der Waals surface area contributed by atoms with E-state index in [1.807, 2.05) is 0 Å². The lowest BCUT2D eigenvalue weighted by molar-refractivity contribution is 0.171. The van der Waals surface area contributed by atoms with E-state index in [4.69, 9.17) is 14.2 Å². The zero-order chi connectivity index (χ0) is 14.2. The molecule has 0 bridgehead atoms. The van der Waals surface area contributed by atoms with Crippen molar-refractivity contribution in [2.75, 3.05) is 39.7 Å². The summed E-state index contributed by atoms with van der Waals surface area (Å²) in [5.41, 5.74) is 1.27. The van der Waals surface area contributed by atoms with Crippen LogP contribution in [0.4, 0.5) is 0 Å². The Morgan fingerprint density at radius 2 is 1.95 bits per heavy atom. The normalized spacial score (nSPS) is 13.5. The van der Waals surface area contributed by atoms with E-state index in [9.17, 15) is 0 Å². The Bertz CT molecular complexity index is 426. The maximum atomic E-state index is 5.64. The van der Waals surface area contributed by atoms with Crippen LogP contribution in [0.5, 0.6) is 11.5 Å². The van der Waals surface area contributed by atoms with Gasteiger partial charge in [-0.1, -0.05) is 0 Å². The Morgan fingerprint density at radius 3 is 2.65 bits per heavy atom. The van der Waals surface area contributed by atoms with Gasteiger partial charge in [0, 0.05) is 25.2 Å². The van der Waals surface area contributed by atoms with Gasteiger partial charge in [-0.15, -0.1) is 11.8 Å². The molecule has 1 heterocycles. The van der Waals surface area contributed by atoms with Crippen molar-refractivity contribution in [1.29, 1.82) is 0 Å². The van der Waals surface area contributed by atoms with E-state index in [0.29, 0.717) is 13.2 Å². The van der Waals surface area contributed by atoms with Crippen LogP contribution in [0.2, 0.25) is 0 Å². The zero-order valence-corrected chi connectivity index (χ0v) is 13.1. The molecule has 1 aliphatic rings. The zero-order valence-electron chi connectivity index (χ0n) is 12.2. The number of rotatable bonds is 8. The van der Waals surface area contributed by atoms with Crippen LogP contribution in [-0.4, -0.2) is 39.7 Å². The molecule has 20 heavy (non-hydrogen) atoms. The molecule has 0 aliphatic carbocycles. The first-order chi connectivity index (χ1) is 9.85. The van der Waals surface area contributed by atoms with Crippen LogP contribution >= 0.6 is 11.8 Å². The quantitative estimate of drug-likeness (QED) is 0.590. The van der Waals surface area contributed by atoms with Crippen molar-refractivity contribution in [2.24, 2.45) is 0 Å². The minimum atomic E-state index is 0.634. The highest BCUT2D eigenvalue weighted by molar-refractivity contribution is 7.98. The van der Waals surface area contributed by atoms with Gasteiger partial charge in [-0.3, -0.25) is 0 Å². The molecule has 0 atom stereocenters. The van der Waals surface area contributed by atoms with Crippen molar-refractivity contribution >= 4 is 11.8 Å². The molecule has 0 aromatic heterocycles. The number of hydrogen-bond acceptors (Lipinski definition) is 5. The number of methoxy groups -OCH3 is 1. The van der Waals surface area contributed by atoms with E-state index in [2.05, 4.69) is 23.7 Å².